The van der Waals surface area contributed by atoms with Gasteiger partial charge in [0.2, 0.25) is 5.91 Å². The van der Waals surface area contributed by atoms with Crippen LogP contribution < -0.4 is 4.74 Å². The Morgan fingerprint density at radius 2 is 1.83 bits per heavy atom. The number of nitrogens with one attached hydrogen (secondary N) is 1. The third-order valence-corrected chi connectivity index (χ3v) is 3.84. The fourth-order valence-corrected chi connectivity index (χ4v) is 2.57. The lowest BCUT2D eigenvalue weighted by molar-refractivity contribution is -0.130. The molecule has 0 atom stereocenters. The summed E-state index contributed by atoms with van der Waals surface area (Å²) in [7, 11) is 1.83. The highest BCUT2D eigenvalue weighted by atomic mass is 16.5. The zero-order valence-corrected chi connectivity index (χ0v) is 13.2. The van der Waals surface area contributed by atoms with Gasteiger partial charge in [-0.15, -0.1) is 0 Å². The Labute approximate surface area is 135 Å². The number of ether oxygens (including phenoxy) is 1. The molecule has 118 valence electrons. The van der Waals surface area contributed by atoms with Crippen LogP contribution in [0.1, 0.15) is 12.0 Å². The second-order valence-electron chi connectivity index (χ2n) is 5.52. The van der Waals surface area contributed by atoms with Crippen molar-refractivity contribution in [2.24, 2.45) is 0 Å². The number of rotatable bonds is 6. The monoisotopic (exact) mass is 308 g/mol. The molecule has 0 saturated carbocycles. The molecule has 2 aromatic carbocycles. The van der Waals surface area contributed by atoms with Crippen LogP contribution in [-0.4, -0.2) is 29.4 Å². The van der Waals surface area contributed by atoms with Gasteiger partial charge in [0, 0.05) is 30.7 Å². The standard InChI is InChI=1S/C19H20N2O2/c1-21(14-15-13-20-18-10-6-5-9-17(15)18)19(22)11-12-23-16-7-3-2-4-8-16/h2-10,13,20H,11-12,14H2,1H3. The van der Waals surface area contributed by atoms with E-state index in [0.29, 0.717) is 19.6 Å². The van der Waals surface area contributed by atoms with Gasteiger partial charge in [0.25, 0.3) is 0 Å². The molecule has 0 unspecified atom stereocenters. The first-order valence-corrected chi connectivity index (χ1v) is 7.71. The molecular formula is C19H20N2O2. The molecule has 0 aliphatic heterocycles. The summed E-state index contributed by atoms with van der Waals surface area (Å²) in [5, 5.41) is 1.16. The van der Waals surface area contributed by atoms with Gasteiger partial charge in [-0.05, 0) is 23.8 Å². The lowest BCUT2D eigenvalue weighted by atomic mass is 10.1. The molecule has 1 amide bonds. The first-order valence-electron chi connectivity index (χ1n) is 7.71. The summed E-state index contributed by atoms with van der Waals surface area (Å²) in [5.41, 5.74) is 2.22. The molecule has 0 aliphatic rings. The quantitative estimate of drug-likeness (QED) is 0.756. The van der Waals surface area contributed by atoms with Gasteiger partial charge in [0.15, 0.2) is 0 Å². The van der Waals surface area contributed by atoms with Crippen LogP contribution in [0.3, 0.4) is 0 Å². The van der Waals surface area contributed by atoms with Crippen LogP contribution in [-0.2, 0) is 11.3 Å². The van der Waals surface area contributed by atoms with Gasteiger partial charge in [0.05, 0.1) is 13.0 Å². The number of H-pyrrole nitrogens is 1. The van der Waals surface area contributed by atoms with Crippen LogP contribution in [0.2, 0.25) is 0 Å². The fraction of sp³-hybridized carbons (Fsp3) is 0.211. The predicted octanol–water partition coefficient (Wildman–Crippen LogP) is 3.60. The number of para-hydroxylation sites is 2. The summed E-state index contributed by atoms with van der Waals surface area (Å²) >= 11 is 0. The molecule has 4 nitrogen and oxygen atoms in total. The maximum atomic E-state index is 12.2. The molecule has 0 fully saturated rings. The van der Waals surface area contributed by atoms with E-state index in [4.69, 9.17) is 4.74 Å². The van der Waals surface area contributed by atoms with Crippen molar-refractivity contribution in [2.75, 3.05) is 13.7 Å². The number of hydrogen-bond acceptors (Lipinski definition) is 2. The number of amides is 1. The topological polar surface area (TPSA) is 45.3 Å². The molecule has 0 bridgehead atoms. The van der Waals surface area contributed by atoms with Gasteiger partial charge < -0.3 is 14.6 Å². The van der Waals surface area contributed by atoms with E-state index < -0.39 is 0 Å². The molecule has 1 heterocycles. The third-order valence-electron chi connectivity index (χ3n) is 3.84. The van der Waals surface area contributed by atoms with Gasteiger partial charge in [-0.25, -0.2) is 0 Å². The van der Waals surface area contributed by atoms with Crippen molar-refractivity contribution >= 4 is 16.8 Å². The highest BCUT2D eigenvalue weighted by molar-refractivity contribution is 5.84. The van der Waals surface area contributed by atoms with E-state index in [0.717, 1.165) is 22.2 Å². The average molecular weight is 308 g/mol. The zero-order valence-electron chi connectivity index (χ0n) is 13.2. The van der Waals surface area contributed by atoms with Gasteiger partial charge in [-0.3, -0.25) is 4.79 Å². The van der Waals surface area contributed by atoms with E-state index in [9.17, 15) is 4.79 Å². The summed E-state index contributed by atoms with van der Waals surface area (Å²) in [5.74, 6) is 0.866. The Balaban J connectivity index is 1.53. The molecule has 0 spiro atoms. The molecule has 3 rings (SSSR count). The molecule has 0 aliphatic carbocycles. The minimum absolute atomic E-state index is 0.0752. The molecule has 1 N–H and O–H groups in total. The number of carbonyl (C=O) groups excluding carboxylic acids is 1. The molecular weight excluding hydrogens is 288 g/mol. The predicted molar refractivity (Wildman–Crippen MR) is 91.3 cm³/mol. The van der Waals surface area contributed by atoms with Crippen LogP contribution in [0.4, 0.5) is 0 Å². The van der Waals surface area contributed by atoms with E-state index in [-0.39, 0.29) is 5.91 Å². The van der Waals surface area contributed by atoms with Crippen molar-refractivity contribution in [3.63, 3.8) is 0 Å². The number of fused-ring (bicyclic) bond motifs is 1. The molecule has 3 aromatic rings. The summed E-state index contributed by atoms with van der Waals surface area (Å²) < 4.78 is 5.58. The number of benzene rings is 2. The van der Waals surface area contributed by atoms with Crippen molar-refractivity contribution < 1.29 is 9.53 Å². The van der Waals surface area contributed by atoms with E-state index in [1.807, 2.05) is 61.8 Å². The van der Waals surface area contributed by atoms with Gasteiger partial charge in [-0.2, -0.15) is 0 Å². The van der Waals surface area contributed by atoms with E-state index in [2.05, 4.69) is 11.1 Å². The Morgan fingerprint density at radius 3 is 2.65 bits per heavy atom. The molecule has 1 aromatic heterocycles. The number of carbonyl (C=O) groups is 1. The summed E-state index contributed by atoms with van der Waals surface area (Å²) in [6, 6.07) is 17.7. The molecule has 4 heteroatoms. The van der Waals surface area contributed by atoms with E-state index in [1.54, 1.807) is 4.90 Å². The number of aromatic nitrogens is 1. The summed E-state index contributed by atoms with van der Waals surface area (Å²) in [6.07, 6.45) is 2.34. The normalized spacial score (nSPS) is 10.7. The minimum Gasteiger partial charge on any atom is -0.493 e. The summed E-state index contributed by atoms with van der Waals surface area (Å²) in [4.78, 5) is 17.2. The number of aromatic amines is 1. The van der Waals surface area contributed by atoms with Gasteiger partial charge in [-0.1, -0.05) is 36.4 Å². The van der Waals surface area contributed by atoms with Crippen LogP contribution in [0.15, 0.2) is 60.8 Å². The smallest absolute Gasteiger partial charge is 0.226 e. The van der Waals surface area contributed by atoms with Crippen molar-refractivity contribution in [1.82, 2.24) is 9.88 Å². The van der Waals surface area contributed by atoms with Crippen molar-refractivity contribution in [3.8, 4) is 5.75 Å². The van der Waals surface area contributed by atoms with E-state index in [1.165, 1.54) is 0 Å². The Hall–Kier alpha value is -2.75. The second kappa shape index (κ2) is 7.01. The first-order chi connectivity index (χ1) is 11.2. The van der Waals surface area contributed by atoms with Crippen molar-refractivity contribution in [2.45, 2.75) is 13.0 Å². The van der Waals surface area contributed by atoms with Gasteiger partial charge >= 0.3 is 0 Å². The highest BCUT2D eigenvalue weighted by Gasteiger charge is 2.12. The zero-order chi connectivity index (χ0) is 16.1. The Morgan fingerprint density at radius 1 is 1.09 bits per heavy atom. The van der Waals surface area contributed by atoms with Crippen LogP contribution in [0, 0.1) is 0 Å². The van der Waals surface area contributed by atoms with E-state index >= 15 is 0 Å². The van der Waals surface area contributed by atoms with Crippen molar-refractivity contribution in [1.29, 1.82) is 0 Å². The SMILES string of the molecule is CN(Cc1c[nH]c2ccccc12)C(=O)CCOc1ccccc1. The first kappa shape index (κ1) is 15.2. The maximum absolute atomic E-state index is 12.2. The Kier molecular flexibility index (Phi) is 4.62. The van der Waals surface area contributed by atoms with Crippen LogP contribution >= 0.6 is 0 Å². The Bertz CT molecular complexity index is 780. The van der Waals surface area contributed by atoms with Crippen LogP contribution in [0.25, 0.3) is 10.9 Å². The maximum Gasteiger partial charge on any atom is 0.226 e. The number of nitrogens with zero attached hydrogens (tertiary/aromatic N) is 1. The van der Waals surface area contributed by atoms with Crippen molar-refractivity contribution in [3.05, 3.63) is 66.4 Å². The molecule has 0 saturated heterocycles. The lowest BCUT2D eigenvalue weighted by Crippen LogP contribution is -2.27. The third kappa shape index (κ3) is 3.72. The largest absolute Gasteiger partial charge is 0.493 e. The number of hydrogen-bond donors (Lipinski definition) is 1. The second-order valence-corrected chi connectivity index (χ2v) is 5.52. The lowest BCUT2D eigenvalue weighted by Gasteiger charge is -2.17. The average Bonchev–Trinajstić information content (AvgIpc) is 2.99. The minimum atomic E-state index is 0.0752. The fourth-order valence-electron chi connectivity index (χ4n) is 2.57. The van der Waals surface area contributed by atoms with Gasteiger partial charge in [0.1, 0.15) is 5.75 Å². The highest BCUT2D eigenvalue weighted by Crippen LogP contribution is 2.19. The molecule has 0 radical (unpaired) electrons. The van der Waals surface area contributed by atoms with Crippen LogP contribution in [0.5, 0.6) is 5.75 Å². The molecule has 23 heavy (non-hydrogen) atoms. The summed E-state index contributed by atoms with van der Waals surface area (Å²) in [6.45, 7) is 0.981.